The van der Waals surface area contributed by atoms with E-state index in [0.29, 0.717) is 6.10 Å². The van der Waals surface area contributed by atoms with Gasteiger partial charge in [0, 0.05) is 10.6 Å². The maximum atomic E-state index is 6.97. The summed E-state index contributed by atoms with van der Waals surface area (Å²) >= 11 is 0. The third kappa shape index (κ3) is 2.30. The Balaban J connectivity index is 1.30. The van der Waals surface area contributed by atoms with Crippen LogP contribution in [0, 0.1) is 35.5 Å². The molecule has 0 N–H and O–H groups in total. The van der Waals surface area contributed by atoms with Crippen molar-refractivity contribution in [3.05, 3.63) is 72.8 Å². The summed E-state index contributed by atoms with van der Waals surface area (Å²) < 4.78 is 6.97. The average Bonchev–Trinajstić information content (AvgIpc) is 3.46. The van der Waals surface area contributed by atoms with E-state index in [0.717, 1.165) is 35.5 Å². The Kier molecular flexibility index (Phi) is 3.63. The molecule has 7 unspecified atom stereocenters. The first-order valence-electron chi connectivity index (χ1n) is 10.1. The number of benzene rings is 2. The molecule has 2 aromatic rings. The molecular weight excluding hydrogens is 335 g/mol. The zero-order valence-corrected chi connectivity index (χ0v) is 15.8. The smallest absolute Gasteiger partial charge is 0.0921 e. The molecule has 3 saturated carbocycles. The highest BCUT2D eigenvalue weighted by molar-refractivity contribution is 7.68. The largest absolute Gasteiger partial charge is 0.346 e. The van der Waals surface area contributed by atoms with Gasteiger partial charge in [-0.05, 0) is 54.8 Å². The van der Waals surface area contributed by atoms with Crippen molar-refractivity contribution in [2.24, 2.45) is 35.5 Å². The SMILES string of the molecule is C1=CC2CC1C1C3CC(OP(c4ccccc4)c4ccccc4)C(C3)C21. The standard InChI is InChI=1S/C24H25OP/c1-3-7-19(8-4-1)26(20-9-5-2-6-10-20)25-22-15-18-14-21(22)24-17-12-11-16(13-17)23(18)24/h1-12,16-18,21-24H,13-15H2. The lowest BCUT2D eigenvalue weighted by Crippen LogP contribution is -2.35. The Morgan fingerprint density at radius 3 is 1.96 bits per heavy atom. The molecule has 4 aliphatic rings. The van der Waals surface area contributed by atoms with Crippen molar-refractivity contribution in [3.63, 3.8) is 0 Å². The Morgan fingerprint density at radius 1 is 0.692 bits per heavy atom. The molecule has 2 aromatic carbocycles. The van der Waals surface area contributed by atoms with E-state index in [1.807, 2.05) is 0 Å². The van der Waals surface area contributed by atoms with Gasteiger partial charge in [-0.2, -0.15) is 0 Å². The van der Waals surface area contributed by atoms with Crippen molar-refractivity contribution in [2.75, 3.05) is 0 Å². The Hall–Kier alpha value is -1.43. The van der Waals surface area contributed by atoms with Gasteiger partial charge < -0.3 is 4.52 Å². The Bertz CT molecular complexity index is 777. The van der Waals surface area contributed by atoms with Crippen LogP contribution in [0.2, 0.25) is 0 Å². The van der Waals surface area contributed by atoms with E-state index in [-0.39, 0.29) is 0 Å². The van der Waals surface area contributed by atoms with Crippen molar-refractivity contribution in [1.29, 1.82) is 0 Å². The van der Waals surface area contributed by atoms with Crippen LogP contribution in [0.5, 0.6) is 0 Å². The van der Waals surface area contributed by atoms with E-state index in [1.165, 1.54) is 29.9 Å². The van der Waals surface area contributed by atoms with Crippen molar-refractivity contribution in [1.82, 2.24) is 0 Å². The molecule has 0 heterocycles. The summed E-state index contributed by atoms with van der Waals surface area (Å²) in [5.74, 6) is 5.35. The molecule has 6 rings (SSSR count). The molecule has 4 bridgehead atoms. The fraction of sp³-hybridized carbons (Fsp3) is 0.417. The van der Waals surface area contributed by atoms with E-state index < -0.39 is 8.15 Å². The average molecular weight is 360 g/mol. The lowest BCUT2D eigenvalue weighted by Gasteiger charge is -2.38. The van der Waals surface area contributed by atoms with Gasteiger partial charge in [-0.1, -0.05) is 72.8 Å². The van der Waals surface area contributed by atoms with Gasteiger partial charge in [0.1, 0.15) is 0 Å². The van der Waals surface area contributed by atoms with Crippen LogP contribution >= 0.6 is 8.15 Å². The fourth-order valence-electron chi connectivity index (χ4n) is 6.61. The van der Waals surface area contributed by atoms with E-state index >= 15 is 0 Å². The third-order valence-electron chi connectivity index (χ3n) is 7.43. The highest BCUT2D eigenvalue weighted by Crippen LogP contribution is 2.66. The molecule has 0 aromatic heterocycles. The molecule has 132 valence electrons. The molecule has 26 heavy (non-hydrogen) atoms. The van der Waals surface area contributed by atoms with E-state index in [2.05, 4.69) is 72.8 Å². The minimum Gasteiger partial charge on any atom is -0.346 e. The molecule has 2 heteroatoms. The molecule has 3 fully saturated rings. The van der Waals surface area contributed by atoms with Gasteiger partial charge in [0.25, 0.3) is 0 Å². The van der Waals surface area contributed by atoms with E-state index in [9.17, 15) is 0 Å². The van der Waals surface area contributed by atoms with Crippen LogP contribution < -0.4 is 10.6 Å². The predicted octanol–water partition coefficient (Wildman–Crippen LogP) is 4.90. The lowest BCUT2D eigenvalue weighted by atomic mass is 9.72. The quantitative estimate of drug-likeness (QED) is 0.428. The molecular formula is C24H25OP. The van der Waals surface area contributed by atoms with Crippen LogP contribution in [-0.2, 0) is 4.52 Å². The van der Waals surface area contributed by atoms with Crippen LogP contribution in [0.25, 0.3) is 0 Å². The van der Waals surface area contributed by atoms with Crippen LogP contribution in [0.1, 0.15) is 19.3 Å². The van der Waals surface area contributed by atoms with Gasteiger partial charge in [0.05, 0.1) is 14.3 Å². The summed E-state index contributed by atoms with van der Waals surface area (Å²) in [4.78, 5) is 0. The van der Waals surface area contributed by atoms with Gasteiger partial charge in [0.15, 0.2) is 0 Å². The zero-order chi connectivity index (χ0) is 17.1. The van der Waals surface area contributed by atoms with E-state index in [4.69, 9.17) is 4.52 Å². The van der Waals surface area contributed by atoms with Gasteiger partial charge in [-0.15, -0.1) is 0 Å². The third-order valence-corrected chi connectivity index (χ3v) is 9.45. The minimum atomic E-state index is -0.717. The van der Waals surface area contributed by atoms with Gasteiger partial charge in [-0.3, -0.25) is 0 Å². The first-order chi connectivity index (χ1) is 12.9. The summed E-state index contributed by atoms with van der Waals surface area (Å²) in [6, 6.07) is 21.8. The maximum absolute atomic E-state index is 6.97. The normalized spacial score (nSPS) is 39.0. The molecule has 0 saturated heterocycles. The Morgan fingerprint density at radius 2 is 1.31 bits per heavy atom. The molecule has 1 nitrogen and oxygen atoms in total. The number of hydrogen-bond donors (Lipinski definition) is 0. The molecule has 4 aliphatic carbocycles. The molecule has 0 aliphatic heterocycles. The molecule has 0 radical (unpaired) electrons. The number of allylic oxidation sites excluding steroid dienone is 2. The first-order valence-corrected chi connectivity index (χ1v) is 11.4. The summed E-state index contributed by atoms with van der Waals surface area (Å²) in [6.07, 6.45) is 9.66. The summed E-state index contributed by atoms with van der Waals surface area (Å²) in [6.45, 7) is 0. The van der Waals surface area contributed by atoms with Gasteiger partial charge in [-0.25, -0.2) is 0 Å². The lowest BCUT2D eigenvalue weighted by molar-refractivity contribution is 0.0777. The first kappa shape index (κ1) is 15.6. The van der Waals surface area contributed by atoms with Crippen LogP contribution in [0.3, 0.4) is 0 Å². The molecule has 7 atom stereocenters. The van der Waals surface area contributed by atoms with Crippen LogP contribution in [-0.4, -0.2) is 6.10 Å². The summed E-state index contributed by atoms with van der Waals surface area (Å²) in [5.41, 5.74) is 0. The Labute approximate surface area is 157 Å². The molecule has 0 spiro atoms. The number of fused-ring (bicyclic) bond motifs is 9. The second-order valence-electron chi connectivity index (χ2n) is 8.61. The number of rotatable bonds is 4. The monoisotopic (exact) mass is 360 g/mol. The topological polar surface area (TPSA) is 9.23 Å². The second kappa shape index (κ2) is 6.04. The number of hydrogen-bond acceptors (Lipinski definition) is 1. The maximum Gasteiger partial charge on any atom is 0.0921 e. The van der Waals surface area contributed by atoms with Crippen LogP contribution in [0.15, 0.2) is 72.8 Å². The van der Waals surface area contributed by atoms with Crippen molar-refractivity contribution < 1.29 is 4.52 Å². The summed E-state index contributed by atoms with van der Waals surface area (Å²) in [5, 5.41) is 2.70. The summed E-state index contributed by atoms with van der Waals surface area (Å²) in [7, 11) is -0.717. The van der Waals surface area contributed by atoms with Gasteiger partial charge in [0.2, 0.25) is 0 Å². The zero-order valence-electron chi connectivity index (χ0n) is 14.9. The fourth-order valence-corrected chi connectivity index (χ4v) is 8.55. The van der Waals surface area contributed by atoms with E-state index in [1.54, 1.807) is 0 Å². The predicted molar refractivity (Wildman–Crippen MR) is 108 cm³/mol. The molecule has 0 amide bonds. The van der Waals surface area contributed by atoms with Gasteiger partial charge >= 0.3 is 0 Å². The highest BCUT2D eigenvalue weighted by Gasteiger charge is 2.61. The van der Waals surface area contributed by atoms with Crippen molar-refractivity contribution in [2.45, 2.75) is 25.4 Å². The van der Waals surface area contributed by atoms with Crippen molar-refractivity contribution in [3.8, 4) is 0 Å². The van der Waals surface area contributed by atoms with Crippen molar-refractivity contribution >= 4 is 18.8 Å². The van der Waals surface area contributed by atoms with Crippen LogP contribution in [0.4, 0.5) is 0 Å². The highest BCUT2D eigenvalue weighted by atomic mass is 31.1. The second-order valence-corrected chi connectivity index (χ2v) is 10.4. The minimum absolute atomic E-state index is 0.459.